The molecular weight excluding hydrogens is 257 g/mol. The SMILES string of the molecule is Cc1ccc(N[C-](C)CCN)s1.[Y+3]. The molecule has 0 radical (unpaired) electrons. The Labute approximate surface area is 109 Å². The molecule has 0 spiro atoms. The zero-order valence-corrected chi connectivity index (χ0v) is 11.8. The van der Waals surface area contributed by atoms with Crippen molar-refractivity contribution in [3.05, 3.63) is 23.1 Å². The normalized spacial score (nSPS) is 9.85. The second-order valence-corrected chi connectivity index (χ2v) is 4.14. The van der Waals surface area contributed by atoms with Gasteiger partial charge >= 0.3 is 32.7 Å². The van der Waals surface area contributed by atoms with Gasteiger partial charge in [0.2, 0.25) is 0 Å². The fraction of sp³-hybridized carbons (Fsp3) is 0.444. The van der Waals surface area contributed by atoms with Gasteiger partial charge in [0, 0.05) is 4.88 Å². The largest absolute Gasteiger partial charge is 3.00 e. The Bertz CT molecular complexity index is 237. The predicted molar refractivity (Wildman–Crippen MR) is 55.3 cm³/mol. The van der Waals surface area contributed by atoms with Gasteiger partial charge < -0.3 is 11.1 Å². The number of rotatable bonds is 4. The summed E-state index contributed by atoms with van der Waals surface area (Å²) in [5.41, 5.74) is 5.43. The van der Waals surface area contributed by atoms with E-state index < -0.39 is 0 Å². The first-order valence-electron chi connectivity index (χ1n) is 4.08. The van der Waals surface area contributed by atoms with Crippen molar-refractivity contribution in [3.63, 3.8) is 0 Å². The number of aryl methyl sites for hydroxylation is 1. The summed E-state index contributed by atoms with van der Waals surface area (Å²) in [5, 5.41) is 4.53. The van der Waals surface area contributed by atoms with E-state index in [-0.39, 0.29) is 32.7 Å². The summed E-state index contributed by atoms with van der Waals surface area (Å²) in [6.45, 7) is 4.89. The minimum atomic E-state index is 0. The fourth-order valence-corrected chi connectivity index (χ4v) is 1.84. The first-order chi connectivity index (χ1) is 5.72. The van der Waals surface area contributed by atoms with Crippen molar-refractivity contribution in [1.29, 1.82) is 0 Å². The third-order valence-corrected chi connectivity index (χ3v) is 2.51. The maximum absolute atomic E-state index is 5.43. The molecule has 0 bridgehead atoms. The van der Waals surface area contributed by atoms with Gasteiger partial charge in [-0.15, -0.1) is 17.8 Å². The van der Waals surface area contributed by atoms with Crippen molar-refractivity contribution in [2.24, 2.45) is 5.73 Å². The van der Waals surface area contributed by atoms with Gasteiger partial charge in [-0.1, -0.05) is 0 Å². The molecule has 68 valence electrons. The van der Waals surface area contributed by atoms with Crippen molar-refractivity contribution in [1.82, 2.24) is 0 Å². The summed E-state index contributed by atoms with van der Waals surface area (Å²) in [6.07, 6.45) is 0.941. The molecule has 1 heterocycles. The molecule has 0 amide bonds. The van der Waals surface area contributed by atoms with Crippen LogP contribution in [0.2, 0.25) is 0 Å². The fourth-order valence-electron chi connectivity index (χ4n) is 0.991. The molecule has 4 heteroatoms. The Kier molecular flexibility index (Phi) is 7.24. The summed E-state index contributed by atoms with van der Waals surface area (Å²) in [4.78, 5) is 1.33. The van der Waals surface area contributed by atoms with Crippen LogP contribution in [0.1, 0.15) is 18.2 Å². The second-order valence-electron chi connectivity index (χ2n) is 2.85. The number of thiophene rings is 1. The zero-order valence-electron chi connectivity index (χ0n) is 8.13. The minimum Gasteiger partial charge on any atom is -0.524 e. The molecule has 1 rings (SSSR count). The number of nitrogens with two attached hydrogens (primary N) is 1. The summed E-state index contributed by atoms with van der Waals surface area (Å²) in [7, 11) is 0. The molecule has 0 saturated carbocycles. The van der Waals surface area contributed by atoms with E-state index in [1.165, 1.54) is 15.9 Å². The standard InChI is InChI=1S/C9H15N2S.Y/c1-7(5-6-10)11-9-4-3-8(2)12-9;/h3-4,11H,5-6,10H2,1-2H3;/q-1;+3. The Morgan fingerprint density at radius 3 is 2.69 bits per heavy atom. The van der Waals surface area contributed by atoms with Crippen molar-refractivity contribution in [3.8, 4) is 0 Å². The van der Waals surface area contributed by atoms with Crippen molar-refractivity contribution < 1.29 is 32.7 Å². The Hall–Kier alpha value is 0.564. The number of hydrogen-bond donors (Lipinski definition) is 2. The molecule has 1 aromatic heterocycles. The maximum Gasteiger partial charge on any atom is 3.00 e. The van der Waals surface area contributed by atoms with Gasteiger partial charge in [-0.25, -0.2) is 6.04 Å². The van der Waals surface area contributed by atoms with E-state index in [0.717, 1.165) is 6.42 Å². The number of nitrogens with one attached hydrogen (secondary N) is 1. The third-order valence-electron chi connectivity index (χ3n) is 1.60. The maximum atomic E-state index is 5.43. The molecule has 0 aliphatic heterocycles. The average Bonchev–Trinajstić information content (AvgIpc) is 2.36. The van der Waals surface area contributed by atoms with Crippen LogP contribution in [0.5, 0.6) is 0 Å². The molecule has 3 N–H and O–H groups in total. The minimum absolute atomic E-state index is 0. The molecule has 1 aromatic rings. The van der Waals surface area contributed by atoms with Crippen LogP contribution in [0.25, 0.3) is 0 Å². The molecule has 0 atom stereocenters. The number of anilines is 1. The summed E-state index contributed by atoms with van der Waals surface area (Å²) in [5.74, 6) is 0. The van der Waals surface area contributed by atoms with Crippen molar-refractivity contribution in [2.45, 2.75) is 20.3 Å². The molecule has 0 saturated heterocycles. The summed E-state index contributed by atoms with van der Waals surface area (Å²) in [6, 6.07) is 5.45. The van der Waals surface area contributed by atoms with Gasteiger partial charge in [-0.3, -0.25) is 0 Å². The van der Waals surface area contributed by atoms with E-state index in [4.69, 9.17) is 5.73 Å². The summed E-state index contributed by atoms with van der Waals surface area (Å²) < 4.78 is 0. The molecule has 0 aromatic carbocycles. The van der Waals surface area contributed by atoms with Gasteiger partial charge in [-0.2, -0.15) is 6.92 Å². The van der Waals surface area contributed by atoms with Gasteiger partial charge in [-0.05, 0) is 25.6 Å². The van der Waals surface area contributed by atoms with Crippen molar-refractivity contribution >= 4 is 16.3 Å². The van der Waals surface area contributed by atoms with Gasteiger partial charge in [0.05, 0.1) is 5.00 Å². The van der Waals surface area contributed by atoms with E-state index >= 15 is 0 Å². The Morgan fingerprint density at radius 1 is 1.54 bits per heavy atom. The average molecular weight is 272 g/mol. The predicted octanol–water partition coefficient (Wildman–Crippen LogP) is 2.37. The van der Waals surface area contributed by atoms with Crippen LogP contribution < -0.4 is 11.1 Å². The summed E-state index contributed by atoms with van der Waals surface area (Å²) >= 11 is 1.77. The molecule has 0 aliphatic rings. The molecule has 13 heavy (non-hydrogen) atoms. The Balaban J connectivity index is 0.00000144. The van der Waals surface area contributed by atoms with E-state index in [0.29, 0.717) is 6.54 Å². The van der Waals surface area contributed by atoms with Crippen LogP contribution in [0.15, 0.2) is 12.1 Å². The molecule has 0 unspecified atom stereocenters. The Morgan fingerprint density at radius 2 is 2.23 bits per heavy atom. The van der Waals surface area contributed by atoms with E-state index in [1.54, 1.807) is 11.3 Å². The second kappa shape index (κ2) is 6.94. The molecular formula is C9H15N2SY+2. The van der Waals surface area contributed by atoms with Crippen molar-refractivity contribution in [2.75, 3.05) is 11.9 Å². The molecule has 0 fully saturated rings. The van der Waals surface area contributed by atoms with Crippen LogP contribution in [-0.4, -0.2) is 6.54 Å². The van der Waals surface area contributed by atoms with Gasteiger partial charge in [0.25, 0.3) is 0 Å². The van der Waals surface area contributed by atoms with Crippen LogP contribution in [-0.2, 0) is 32.7 Å². The van der Waals surface area contributed by atoms with Crippen LogP contribution in [0.3, 0.4) is 0 Å². The number of hydrogen-bond acceptors (Lipinski definition) is 3. The first kappa shape index (κ1) is 13.6. The topological polar surface area (TPSA) is 38.0 Å². The van der Waals surface area contributed by atoms with Gasteiger partial charge in [0.1, 0.15) is 0 Å². The smallest absolute Gasteiger partial charge is 0.524 e. The third kappa shape index (κ3) is 5.11. The van der Waals surface area contributed by atoms with Crippen LogP contribution >= 0.6 is 11.3 Å². The first-order valence-corrected chi connectivity index (χ1v) is 4.90. The molecule has 2 nitrogen and oxygen atoms in total. The van der Waals surface area contributed by atoms with E-state index in [1.807, 2.05) is 0 Å². The van der Waals surface area contributed by atoms with Crippen LogP contribution in [0.4, 0.5) is 5.00 Å². The van der Waals surface area contributed by atoms with E-state index in [9.17, 15) is 0 Å². The van der Waals surface area contributed by atoms with E-state index in [2.05, 4.69) is 31.3 Å². The monoisotopic (exact) mass is 272 g/mol. The zero-order chi connectivity index (χ0) is 8.97. The molecule has 0 aliphatic carbocycles. The van der Waals surface area contributed by atoms with Gasteiger partial charge in [0.15, 0.2) is 0 Å². The van der Waals surface area contributed by atoms with Crippen LogP contribution in [0, 0.1) is 13.0 Å². The quantitative estimate of drug-likeness (QED) is 0.826.